The molecule has 0 spiro atoms. The molecule has 1 unspecified atom stereocenters. The quantitative estimate of drug-likeness (QED) is 0.850. The highest BCUT2D eigenvalue weighted by Gasteiger charge is 2.23. The number of nitrogens with zero attached hydrogens (tertiary/aromatic N) is 4. The molecule has 0 saturated carbocycles. The van der Waals surface area contributed by atoms with Crippen molar-refractivity contribution >= 4 is 28.7 Å². The number of nitrogens with one attached hydrogen (secondary N) is 1. The number of carbonyl (C=O) groups is 1. The molecule has 0 fully saturated rings. The van der Waals surface area contributed by atoms with E-state index >= 15 is 0 Å². The molecule has 0 aliphatic rings. The van der Waals surface area contributed by atoms with Crippen molar-refractivity contribution in [1.82, 2.24) is 24.6 Å². The third kappa shape index (κ3) is 1.77. The summed E-state index contributed by atoms with van der Waals surface area (Å²) >= 11 is 5.91. The van der Waals surface area contributed by atoms with Gasteiger partial charge in [-0.25, -0.2) is 4.98 Å². The maximum absolute atomic E-state index is 11.8. The van der Waals surface area contributed by atoms with Gasteiger partial charge in [0.05, 0.1) is 11.6 Å². The molecule has 0 aromatic carbocycles. The Bertz CT molecular complexity index is 600. The first-order chi connectivity index (χ1) is 8.51. The van der Waals surface area contributed by atoms with Gasteiger partial charge in [0.1, 0.15) is 17.4 Å². The number of hydrogen-bond donors (Lipinski definition) is 1. The molecular formula is C11H16ClN5O. The van der Waals surface area contributed by atoms with Gasteiger partial charge in [-0.1, -0.05) is 0 Å². The van der Waals surface area contributed by atoms with Crippen molar-refractivity contribution < 1.29 is 4.79 Å². The van der Waals surface area contributed by atoms with Gasteiger partial charge in [-0.2, -0.15) is 5.10 Å². The van der Waals surface area contributed by atoms with Crippen LogP contribution in [0, 0.1) is 6.92 Å². The molecule has 0 aliphatic carbocycles. The van der Waals surface area contributed by atoms with Crippen molar-refractivity contribution in [3.8, 4) is 0 Å². The minimum atomic E-state index is -0.372. The van der Waals surface area contributed by atoms with Crippen LogP contribution in [-0.2, 0) is 17.7 Å². The predicted octanol–water partition coefficient (Wildman–Crippen LogP) is 1.12. The molecule has 6 nitrogen and oxygen atoms in total. The van der Waals surface area contributed by atoms with E-state index in [2.05, 4.69) is 15.4 Å². The lowest BCUT2D eigenvalue weighted by Gasteiger charge is -2.15. The van der Waals surface area contributed by atoms with Gasteiger partial charge in [0.2, 0.25) is 5.91 Å². The summed E-state index contributed by atoms with van der Waals surface area (Å²) in [6, 6.07) is -0.372. The van der Waals surface area contributed by atoms with Crippen molar-refractivity contribution in [2.75, 3.05) is 7.05 Å². The molecule has 2 aromatic rings. The Kier molecular flexibility index (Phi) is 3.30. The first kappa shape index (κ1) is 12.9. The number of fused-ring (bicyclic) bond motifs is 1. The Morgan fingerprint density at radius 3 is 2.78 bits per heavy atom. The number of alkyl halides is 1. The maximum atomic E-state index is 11.8. The van der Waals surface area contributed by atoms with Crippen LogP contribution in [0.15, 0.2) is 0 Å². The van der Waals surface area contributed by atoms with Crippen LogP contribution in [0.25, 0.3) is 11.2 Å². The summed E-state index contributed by atoms with van der Waals surface area (Å²) in [7, 11) is 3.45. The predicted molar refractivity (Wildman–Crippen MR) is 69.6 cm³/mol. The average molecular weight is 270 g/mol. The van der Waals surface area contributed by atoms with Gasteiger partial charge in [-0.3, -0.25) is 14.0 Å². The van der Waals surface area contributed by atoms with Crippen molar-refractivity contribution in [3.63, 3.8) is 0 Å². The lowest BCUT2D eigenvalue weighted by Crippen LogP contribution is -2.29. The van der Waals surface area contributed by atoms with Crippen LogP contribution >= 0.6 is 11.6 Å². The van der Waals surface area contributed by atoms with Crippen LogP contribution in [0.4, 0.5) is 0 Å². The maximum Gasteiger partial charge on any atom is 0.242 e. The van der Waals surface area contributed by atoms with Gasteiger partial charge in [-0.15, -0.1) is 11.6 Å². The van der Waals surface area contributed by atoms with E-state index in [0.717, 1.165) is 16.9 Å². The monoisotopic (exact) mass is 269 g/mol. The molecule has 2 heterocycles. The van der Waals surface area contributed by atoms with E-state index in [4.69, 9.17) is 11.6 Å². The highest BCUT2D eigenvalue weighted by molar-refractivity contribution is 6.16. The highest BCUT2D eigenvalue weighted by Crippen LogP contribution is 2.24. The van der Waals surface area contributed by atoms with Crippen molar-refractivity contribution in [1.29, 1.82) is 0 Å². The van der Waals surface area contributed by atoms with Crippen LogP contribution in [0.3, 0.4) is 0 Å². The summed E-state index contributed by atoms with van der Waals surface area (Å²) in [4.78, 5) is 16.3. The summed E-state index contributed by atoms with van der Waals surface area (Å²) in [5.74, 6) is 0.855. The highest BCUT2D eigenvalue weighted by atomic mass is 35.5. The summed E-state index contributed by atoms with van der Waals surface area (Å²) in [6.45, 7) is 3.71. The van der Waals surface area contributed by atoms with Crippen LogP contribution in [0.5, 0.6) is 0 Å². The number of carbonyl (C=O) groups excluding carboxylic acids is 1. The fourth-order valence-electron chi connectivity index (χ4n) is 2.17. The van der Waals surface area contributed by atoms with Crippen molar-refractivity contribution in [2.24, 2.45) is 7.05 Å². The zero-order chi connectivity index (χ0) is 13.4. The Morgan fingerprint density at radius 1 is 1.56 bits per heavy atom. The Hall–Kier alpha value is -1.56. The van der Waals surface area contributed by atoms with E-state index in [0.29, 0.717) is 5.82 Å². The van der Waals surface area contributed by atoms with Gasteiger partial charge in [0.15, 0.2) is 5.65 Å². The lowest BCUT2D eigenvalue weighted by molar-refractivity contribution is -0.123. The van der Waals surface area contributed by atoms with Crippen LogP contribution in [0.1, 0.15) is 24.5 Å². The first-order valence-electron chi connectivity index (χ1n) is 5.69. The number of aryl methyl sites for hydroxylation is 2. The summed E-state index contributed by atoms with van der Waals surface area (Å²) < 4.78 is 3.56. The standard InChI is InChI=1S/C11H16ClN5O/c1-6-9-11(16(4)15-6)17(8(5-12)14-9)7(2)10(18)13-3/h7H,5H2,1-4H3,(H,13,18). The van der Waals surface area contributed by atoms with E-state index in [9.17, 15) is 4.79 Å². The minimum absolute atomic E-state index is 0.0838. The average Bonchev–Trinajstić information content (AvgIpc) is 2.86. The topological polar surface area (TPSA) is 64.7 Å². The number of halogens is 1. The lowest BCUT2D eigenvalue weighted by atomic mass is 10.3. The molecule has 0 radical (unpaired) electrons. The smallest absolute Gasteiger partial charge is 0.242 e. The zero-order valence-corrected chi connectivity index (χ0v) is 11.6. The van der Waals surface area contributed by atoms with Crippen molar-refractivity contribution in [3.05, 3.63) is 11.5 Å². The zero-order valence-electron chi connectivity index (χ0n) is 10.9. The Balaban J connectivity index is 2.70. The molecule has 2 rings (SSSR count). The van der Waals surface area contributed by atoms with E-state index in [1.165, 1.54) is 0 Å². The molecule has 0 bridgehead atoms. The molecule has 18 heavy (non-hydrogen) atoms. The normalized spacial score (nSPS) is 12.9. The van der Waals surface area contributed by atoms with Gasteiger partial charge < -0.3 is 5.32 Å². The molecule has 0 saturated heterocycles. The molecular weight excluding hydrogens is 254 g/mol. The molecule has 1 N–H and O–H groups in total. The molecule has 0 aliphatic heterocycles. The second kappa shape index (κ2) is 4.61. The summed E-state index contributed by atoms with van der Waals surface area (Å²) in [5.41, 5.74) is 2.45. The number of imidazole rings is 1. The van der Waals surface area contributed by atoms with Crippen LogP contribution in [-0.4, -0.2) is 32.3 Å². The molecule has 1 atom stereocenters. The largest absolute Gasteiger partial charge is 0.357 e. The van der Waals surface area contributed by atoms with E-state index in [1.807, 2.05) is 25.5 Å². The van der Waals surface area contributed by atoms with Crippen LogP contribution < -0.4 is 5.32 Å². The minimum Gasteiger partial charge on any atom is -0.357 e. The first-order valence-corrected chi connectivity index (χ1v) is 6.22. The van der Waals surface area contributed by atoms with Gasteiger partial charge in [0, 0.05) is 14.1 Å². The number of likely N-dealkylation sites (N-methyl/N-ethyl adjacent to an activating group) is 1. The van der Waals surface area contributed by atoms with Crippen molar-refractivity contribution in [2.45, 2.75) is 25.8 Å². The number of rotatable bonds is 3. The fourth-order valence-corrected chi connectivity index (χ4v) is 2.36. The van der Waals surface area contributed by atoms with E-state index in [1.54, 1.807) is 11.7 Å². The molecule has 98 valence electrons. The van der Waals surface area contributed by atoms with Crippen LogP contribution in [0.2, 0.25) is 0 Å². The van der Waals surface area contributed by atoms with E-state index in [-0.39, 0.29) is 17.8 Å². The molecule has 7 heteroatoms. The second-order valence-corrected chi connectivity index (χ2v) is 4.47. The SMILES string of the molecule is CNC(=O)C(C)n1c(CCl)nc2c(C)nn(C)c21. The number of hydrogen-bond acceptors (Lipinski definition) is 3. The number of aromatic nitrogens is 4. The third-order valence-corrected chi connectivity index (χ3v) is 3.28. The van der Waals surface area contributed by atoms with Gasteiger partial charge >= 0.3 is 0 Å². The second-order valence-electron chi connectivity index (χ2n) is 4.20. The van der Waals surface area contributed by atoms with Gasteiger partial charge in [-0.05, 0) is 13.8 Å². The van der Waals surface area contributed by atoms with E-state index < -0.39 is 0 Å². The molecule has 1 amide bonds. The third-order valence-electron chi connectivity index (χ3n) is 3.04. The summed E-state index contributed by atoms with van der Waals surface area (Å²) in [5, 5.41) is 6.95. The van der Waals surface area contributed by atoms with Gasteiger partial charge in [0.25, 0.3) is 0 Å². The Labute approximate surface area is 110 Å². The summed E-state index contributed by atoms with van der Waals surface area (Å²) in [6.07, 6.45) is 0. The molecule has 2 aromatic heterocycles. The Morgan fingerprint density at radius 2 is 2.22 bits per heavy atom. The fraction of sp³-hybridized carbons (Fsp3) is 0.545. The number of amides is 1.